The van der Waals surface area contributed by atoms with Crippen molar-refractivity contribution >= 4 is 26.8 Å². The molecule has 1 saturated heterocycles. The van der Waals surface area contributed by atoms with E-state index in [1.807, 2.05) is 28.6 Å². The van der Waals surface area contributed by atoms with Crippen LogP contribution in [0.4, 0.5) is 0 Å². The average Bonchev–Trinajstić information content (AvgIpc) is 3.48. The van der Waals surface area contributed by atoms with Crippen LogP contribution in [0.1, 0.15) is 56.9 Å². The lowest BCUT2D eigenvalue weighted by molar-refractivity contribution is 0.0738. The van der Waals surface area contributed by atoms with Crippen LogP contribution in [0.3, 0.4) is 0 Å². The van der Waals surface area contributed by atoms with E-state index in [2.05, 4.69) is 20.8 Å². The Labute approximate surface area is 186 Å². The molecule has 6 nitrogen and oxygen atoms in total. The van der Waals surface area contributed by atoms with Crippen LogP contribution in [-0.4, -0.2) is 54.3 Å². The second kappa shape index (κ2) is 8.58. The van der Waals surface area contributed by atoms with Gasteiger partial charge in [-0.1, -0.05) is 20.8 Å². The summed E-state index contributed by atoms with van der Waals surface area (Å²) in [5.74, 6) is 1.39. The Hall–Kier alpha value is -1.86. The maximum atomic E-state index is 13.3. The molecule has 31 heavy (non-hydrogen) atoms. The predicted octanol–water partition coefficient (Wildman–Crippen LogP) is 4.11. The van der Waals surface area contributed by atoms with Crippen molar-refractivity contribution in [1.82, 2.24) is 13.8 Å². The Balaban J connectivity index is 1.65. The fourth-order valence-corrected chi connectivity index (χ4v) is 6.68. The first-order valence-electron chi connectivity index (χ1n) is 11.6. The van der Waals surface area contributed by atoms with Crippen LogP contribution in [0.15, 0.2) is 29.2 Å². The molecule has 1 aliphatic carbocycles. The van der Waals surface area contributed by atoms with Crippen LogP contribution in [-0.2, 0) is 17.1 Å². The molecule has 1 aliphatic heterocycles. The Morgan fingerprint density at radius 3 is 2.42 bits per heavy atom. The first-order chi connectivity index (χ1) is 14.7. The highest BCUT2D eigenvalue weighted by Crippen LogP contribution is 2.32. The minimum atomic E-state index is -3.55. The van der Waals surface area contributed by atoms with Gasteiger partial charge in [-0.3, -0.25) is 4.79 Å². The molecule has 7 heteroatoms. The van der Waals surface area contributed by atoms with Crippen LogP contribution < -0.4 is 0 Å². The number of piperidine rings is 1. The van der Waals surface area contributed by atoms with Crippen molar-refractivity contribution in [2.75, 3.05) is 26.2 Å². The van der Waals surface area contributed by atoms with E-state index in [1.165, 1.54) is 12.8 Å². The van der Waals surface area contributed by atoms with Crippen molar-refractivity contribution < 1.29 is 13.2 Å². The van der Waals surface area contributed by atoms with Crippen LogP contribution in [0.5, 0.6) is 0 Å². The number of carbonyl (C=O) groups is 1. The van der Waals surface area contributed by atoms with E-state index in [-0.39, 0.29) is 5.91 Å². The number of nitrogens with zero attached hydrogens (tertiary/aromatic N) is 3. The Bertz CT molecular complexity index is 1060. The second-order valence-electron chi connectivity index (χ2n) is 9.77. The summed E-state index contributed by atoms with van der Waals surface area (Å²) in [4.78, 5) is 15.5. The highest BCUT2D eigenvalue weighted by Gasteiger charge is 2.32. The van der Waals surface area contributed by atoms with Gasteiger partial charge in [0.15, 0.2) is 0 Å². The highest BCUT2D eigenvalue weighted by atomic mass is 32.2. The number of benzene rings is 1. The van der Waals surface area contributed by atoms with E-state index in [1.54, 1.807) is 16.4 Å². The van der Waals surface area contributed by atoms with Gasteiger partial charge < -0.3 is 9.47 Å². The molecule has 0 N–H and O–H groups in total. The van der Waals surface area contributed by atoms with Crippen LogP contribution in [0.25, 0.3) is 10.9 Å². The zero-order valence-corrected chi connectivity index (χ0v) is 20.0. The lowest BCUT2D eigenvalue weighted by Crippen LogP contribution is -2.42. The molecule has 2 aromatic rings. The average molecular weight is 446 g/mol. The number of aryl methyl sites for hydroxylation is 1. The number of hydrogen-bond donors (Lipinski definition) is 0. The molecule has 1 aromatic carbocycles. The van der Waals surface area contributed by atoms with Gasteiger partial charge in [-0.15, -0.1) is 0 Å². The number of aromatic nitrogens is 1. The molecule has 170 valence electrons. The molecule has 1 saturated carbocycles. The van der Waals surface area contributed by atoms with Crippen molar-refractivity contribution in [1.29, 1.82) is 0 Å². The number of rotatable bonds is 7. The number of hydrogen-bond acceptors (Lipinski definition) is 3. The Kier molecular flexibility index (Phi) is 6.19. The second-order valence-corrected chi connectivity index (χ2v) is 11.7. The summed E-state index contributed by atoms with van der Waals surface area (Å²) in [6.45, 7) is 9.02. The van der Waals surface area contributed by atoms with Gasteiger partial charge in [-0.2, -0.15) is 4.31 Å². The summed E-state index contributed by atoms with van der Waals surface area (Å²) in [6.07, 6.45) is 4.40. The Morgan fingerprint density at radius 2 is 1.81 bits per heavy atom. The fraction of sp³-hybridized carbons (Fsp3) is 0.625. The number of fused-ring (bicyclic) bond motifs is 1. The molecule has 1 amide bonds. The van der Waals surface area contributed by atoms with Gasteiger partial charge in [-0.05, 0) is 67.7 Å². The van der Waals surface area contributed by atoms with Gasteiger partial charge in [0.05, 0.1) is 4.90 Å². The molecule has 2 aliphatic rings. The quantitative estimate of drug-likeness (QED) is 0.644. The molecule has 2 atom stereocenters. The lowest BCUT2D eigenvalue weighted by Gasteiger charge is -2.34. The van der Waals surface area contributed by atoms with Crippen LogP contribution in [0, 0.1) is 17.8 Å². The first kappa shape index (κ1) is 22.3. The van der Waals surface area contributed by atoms with Gasteiger partial charge in [0.2, 0.25) is 10.0 Å². The normalized spacial score (nSPS) is 22.7. The molecule has 1 aromatic heterocycles. The molecule has 0 bridgehead atoms. The zero-order chi connectivity index (χ0) is 22.3. The van der Waals surface area contributed by atoms with Crippen LogP contribution >= 0.6 is 0 Å². The van der Waals surface area contributed by atoms with Crippen molar-refractivity contribution in [3.05, 3.63) is 30.0 Å². The van der Waals surface area contributed by atoms with E-state index >= 15 is 0 Å². The zero-order valence-electron chi connectivity index (χ0n) is 19.2. The molecule has 2 unspecified atom stereocenters. The summed E-state index contributed by atoms with van der Waals surface area (Å²) in [5.41, 5.74) is 1.50. The molecule has 2 fully saturated rings. The maximum Gasteiger partial charge on any atom is 0.270 e. The van der Waals surface area contributed by atoms with Crippen molar-refractivity contribution in [2.24, 2.45) is 24.8 Å². The first-order valence-corrected chi connectivity index (χ1v) is 13.0. The van der Waals surface area contributed by atoms with Crippen molar-refractivity contribution in [3.8, 4) is 0 Å². The summed E-state index contributed by atoms with van der Waals surface area (Å²) >= 11 is 0. The molecule has 0 radical (unpaired) electrons. The third kappa shape index (κ3) is 4.53. The van der Waals surface area contributed by atoms with Gasteiger partial charge in [0, 0.05) is 44.1 Å². The SMILES string of the molecule is CCCN(CC1CC1)C(=O)c1cc2cc(S(=O)(=O)N3CC(C)CC(C)C3)ccc2n1C. The van der Waals surface area contributed by atoms with E-state index in [0.717, 1.165) is 36.8 Å². The topological polar surface area (TPSA) is 62.6 Å². The predicted molar refractivity (Wildman–Crippen MR) is 124 cm³/mol. The molecule has 0 spiro atoms. The third-order valence-corrected chi connectivity index (χ3v) is 8.49. The number of sulfonamides is 1. The van der Waals surface area contributed by atoms with E-state index < -0.39 is 10.0 Å². The Morgan fingerprint density at radius 1 is 1.13 bits per heavy atom. The molecule has 4 rings (SSSR count). The van der Waals surface area contributed by atoms with Crippen molar-refractivity contribution in [3.63, 3.8) is 0 Å². The molecular formula is C24H35N3O3S. The van der Waals surface area contributed by atoms with Crippen LogP contribution in [0.2, 0.25) is 0 Å². The van der Waals surface area contributed by atoms with Gasteiger partial charge in [0.1, 0.15) is 5.69 Å². The minimum Gasteiger partial charge on any atom is -0.340 e. The summed E-state index contributed by atoms with van der Waals surface area (Å²) in [5, 5.41) is 0.799. The standard InChI is InChI=1S/C24H35N3O3S/c1-5-10-26(16-19-6-7-19)24(28)23-13-20-12-21(8-9-22(20)25(23)4)31(29,30)27-14-17(2)11-18(3)15-27/h8-9,12-13,17-19H,5-7,10-11,14-16H2,1-4H3. The van der Waals surface area contributed by atoms with Gasteiger partial charge >= 0.3 is 0 Å². The monoisotopic (exact) mass is 445 g/mol. The summed E-state index contributed by atoms with van der Waals surface area (Å²) in [7, 11) is -1.66. The van der Waals surface area contributed by atoms with E-state index in [4.69, 9.17) is 0 Å². The largest absolute Gasteiger partial charge is 0.340 e. The third-order valence-electron chi connectivity index (χ3n) is 6.66. The van der Waals surface area contributed by atoms with Crippen molar-refractivity contribution in [2.45, 2.75) is 51.3 Å². The lowest BCUT2D eigenvalue weighted by atomic mass is 9.94. The fourth-order valence-electron chi connectivity index (χ4n) is 4.96. The van der Waals surface area contributed by atoms with Gasteiger partial charge in [0.25, 0.3) is 5.91 Å². The highest BCUT2D eigenvalue weighted by molar-refractivity contribution is 7.89. The van der Waals surface area contributed by atoms with Gasteiger partial charge in [-0.25, -0.2) is 8.42 Å². The minimum absolute atomic E-state index is 0.0375. The smallest absolute Gasteiger partial charge is 0.270 e. The maximum absolute atomic E-state index is 13.3. The summed E-state index contributed by atoms with van der Waals surface area (Å²) < 4.78 is 30.1. The van der Waals surface area contributed by atoms with E-state index in [9.17, 15) is 13.2 Å². The number of amides is 1. The molecule has 2 heterocycles. The number of carbonyl (C=O) groups excluding carboxylic acids is 1. The summed E-state index contributed by atoms with van der Waals surface area (Å²) in [6, 6.07) is 7.11. The van der Waals surface area contributed by atoms with E-state index in [0.29, 0.717) is 41.4 Å². The molecular weight excluding hydrogens is 410 g/mol.